The van der Waals surface area contributed by atoms with Crippen LogP contribution in [-0.4, -0.2) is 30.3 Å². The SMILES string of the molecule is COc1ccc(-c2nc(CCC(=O)O)oc2-c2ccc(OC)cc2)cc1. The molecule has 1 N–H and O–H groups in total. The summed E-state index contributed by atoms with van der Waals surface area (Å²) in [5.41, 5.74) is 2.37. The number of carboxylic acids is 1. The molecule has 1 aromatic heterocycles. The highest BCUT2D eigenvalue weighted by Gasteiger charge is 2.18. The molecule has 134 valence electrons. The maximum atomic E-state index is 10.8. The fourth-order valence-corrected chi connectivity index (χ4v) is 2.57. The Bertz CT molecular complexity index is 817. The van der Waals surface area contributed by atoms with Gasteiger partial charge in [-0.05, 0) is 48.5 Å². The van der Waals surface area contributed by atoms with Gasteiger partial charge < -0.3 is 19.0 Å². The molecule has 0 atom stereocenters. The van der Waals surface area contributed by atoms with E-state index in [2.05, 4.69) is 4.98 Å². The van der Waals surface area contributed by atoms with Crippen LogP contribution >= 0.6 is 0 Å². The van der Waals surface area contributed by atoms with E-state index in [9.17, 15) is 4.79 Å². The summed E-state index contributed by atoms with van der Waals surface area (Å²) in [5, 5.41) is 8.90. The zero-order valence-electron chi connectivity index (χ0n) is 14.6. The monoisotopic (exact) mass is 353 g/mol. The summed E-state index contributed by atoms with van der Waals surface area (Å²) in [5.74, 6) is 1.59. The van der Waals surface area contributed by atoms with Crippen molar-refractivity contribution in [3.63, 3.8) is 0 Å². The van der Waals surface area contributed by atoms with Gasteiger partial charge in [-0.3, -0.25) is 4.79 Å². The van der Waals surface area contributed by atoms with Gasteiger partial charge >= 0.3 is 5.97 Å². The Morgan fingerprint density at radius 3 is 2.00 bits per heavy atom. The summed E-state index contributed by atoms with van der Waals surface area (Å²) in [6, 6.07) is 14.9. The molecule has 0 amide bonds. The van der Waals surface area contributed by atoms with Crippen molar-refractivity contribution in [1.29, 1.82) is 0 Å². The number of hydrogen-bond donors (Lipinski definition) is 1. The standard InChI is InChI=1S/C20H19NO5/c1-24-15-7-3-13(4-8-15)19-20(14-5-9-16(25-2)10-6-14)26-17(21-19)11-12-18(22)23/h3-10H,11-12H2,1-2H3,(H,22,23). The zero-order chi connectivity index (χ0) is 18.5. The molecule has 0 bridgehead atoms. The number of carbonyl (C=O) groups is 1. The molecule has 0 aliphatic heterocycles. The lowest BCUT2D eigenvalue weighted by Gasteiger charge is -2.04. The maximum absolute atomic E-state index is 10.8. The summed E-state index contributed by atoms with van der Waals surface area (Å²) < 4.78 is 16.3. The summed E-state index contributed by atoms with van der Waals surface area (Å²) in [4.78, 5) is 15.4. The Hall–Kier alpha value is -3.28. The minimum Gasteiger partial charge on any atom is -0.497 e. The van der Waals surface area contributed by atoms with Crippen LogP contribution in [0, 0.1) is 0 Å². The number of oxazole rings is 1. The van der Waals surface area contributed by atoms with Gasteiger partial charge in [-0.2, -0.15) is 0 Å². The van der Waals surface area contributed by atoms with Crippen molar-refractivity contribution in [3.05, 3.63) is 54.4 Å². The zero-order valence-corrected chi connectivity index (χ0v) is 14.6. The van der Waals surface area contributed by atoms with Crippen LogP contribution < -0.4 is 9.47 Å². The molecule has 3 aromatic rings. The van der Waals surface area contributed by atoms with Crippen LogP contribution in [0.4, 0.5) is 0 Å². The molecule has 1 heterocycles. The van der Waals surface area contributed by atoms with Crippen molar-refractivity contribution in [2.45, 2.75) is 12.8 Å². The quantitative estimate of drug-likeness (QED) is 0.690. The lowest BCUT2D eigenvalue weighted by molar-refractivity contribution is -0.137. The first kappa shape index (κ1) is 17.5. The fourth-order valence-electron chi connectivity index (χ4n) is 2.57. The Labute approximate surface area is 151 Å². The van der Waals surface area contributed by atoms with Gasteiger partial charge in [0.2, 0.25) is 0 Å². The third-order valence-corrected chi connectivity index (χ3v) is 3.94. The molecule has 0 unspecified atom stereocenters. The van der Waals surface area contributed by atoms with Gasteiger partial charge in [0.1, 0.15) is 17.2 Å². The smallest absolute Gasteiger partial charge is 0.303 e. The topological polar surface area (TPSA) is 81.8 Å². The van der Waals surface area contributed by atoms with E-state index in [0.717, 1.165) is 22.6 Å². The first-order valence-corrected chi connectivity index (χ1v) is 8.11. The molecular weight excluding hydrogens is 334 g/mol. The highest BCUT2D eigenvalue weighted by Crippen LogP contribution is 2.34. The van der Waals surface area contributed by atoms with E-state index in [0.29, 0.717) is 17.3 Å². The van der Waals surface area contributed by atoms with Crippen molar-refractivity contribution in [2.75, 3.05) is 14.2 Å². The number of aromatic nitrogens is 1. The van der Waals surface area contributed by atoms with Crippen molar-refractivity contribution in [2.24, 2.45) is 0 Å². The van der Waals surface area contributed by atoms with Gasteiger partial charge in [0, 0.05) is 17.5 Å². The number of nitrogens with zero attached hydrogens (tertiary/aromatic N) is 1. The summed E-state index contributed by atoms with van der Waals surface area (Å²) in [6.07, 6.45) is 0.194. The molecule has 0 spiro atoms. The van der Waals surface area contributed by atoms with Gasteiger partial charge in [-0.15, -0.1) is 0 Å². The van der Waals surface area contributed by atoms with Crippen molar-refractivity contribution in [3.8, 4) is 34.1 Å². The lowest BCUT2D eigenvalue weighted by atomic mass is 10.1. The van der Waals surface area contributed by atoms with Crippen LogP contribution in [0.15, 0.2) is 52.9 Å². The van der Waals surface area contributed by atoms with E-state index < -0.39 is 5.97 Å². The molecule has 6 heteroatoms. The minimum absolute atomic E-state index is 0.0371. The van der Waals surface area contributed by atoms with E-state index in [1.807, 2.05) is 48.5 Å². The fraction of sp³-hybridized carbons (Fsp3) is 0.200. The molecule has 3 rings (SSSR count). The average Bonchev–Trinajstić information content (AvgIpc) is 3.11. The van der Waals surface area contributed by atoms with Crippen molar-refractivity contribution in [1.82, 2.24) is 4.98 Å². The third kappa shape index (κ3) is 3.85. The van der Waals surface area contributed by atoms with Crippen LogP contribution in [0.25, 0.3) is 22.6 Å². The Morgan fingerprint density at radius 1 is 0.962 bits per heavy atom. The van der Waals surface area contributed by atoms with E-state index in [4.69, 9.17) is 19.0 Å². The number of benzene rings is 2. The van der Waals surface area contributed by atoms with E-state index in [1.54, 1.807) is 14.2 Å². The highest BCUT2D eigenvalue weighted by molar-refractivity contribution is 5.77. The average molecular weight is 353 g/mol. The van der Waals surface area contributed by atoms with E-state index >= 15 is 0 Å². The van der Waals surface area contributed by atoms with Gasteiger partial charge in [0.05, 0.1) is 20.6 Å². The van der Waals surface area contributed by atoms with Crippen LogP contribution in [0.3, 0.4) is 0 Å². The molecule has 26 heavy (non-hydrogen) atoms. The molecule has 0 aliphatic carbocycles. The van der Waals surface area contributed by atoms with Crippen molar-refractivity contribution >= 4 is 5.97 Å². The second kappa shape index (κ2) is 7.74. The van der Waals surface area contributed by atoms with Crippen LogP contribution in [0.2, 0.25) is 0 Å². The van der Waals surface area contributed by atoms with E-state index in [1.165, 1.54) is 0 Å². The molecule has 2 aromatic carbocycles. The van der Waals surface area contributed by atoms with Crippen LogP contribution in [0.1, 0.15) is 12.3 Å². The molecule has 0 radical (unpaired) electrons. The van der Waals surface area contributed by atoms with Crippen LogP contribution in [-0.2, 0) is 11.2 Å². The number of aliphatic carboxylic acids is 1. The molecular formula is C20H19NO5. The number of carboxylic acid groups (broad SMARTS) is 1. The first-order chi connectivity index (χ1) is 12.6. The lowest BCUT2D eigenvalue weighted by Crippen LogP contribution is -1.97. The second-order valence-electron chi connectivity index (χ2n) is 5.64. The number of hydrogen-bond acceptors (Lipinski definition) is 5. The largest absolute Gasteiger partial charge is 0.497 e. The number of aryl methyl sites for hydroxylation is 1. The molecule has 0 aliphatic rings. The minimum atomic E-state index is -0.889. The maximum Gasteiger partial charge on any atom is 0.303 e. The Morgan fingerprint density at radius 2 is 1.50 bits per heavy atom. The van der Waals surface area contributed by atoms with Gasteiger partial charge in [0.15, 0.2) is 11.7 Å². The van der Waals surface area contributed by atoms with Gasteiger partial charge in [-0.25, -0.2) is 4.98 Å². The Balaban J connectivity index is 2.02. The molecule has 0 saturated carbocycles. The summed E-state index contributed by atoms with van der Waals surface area (Å²) >= 11 is 0. The number of ether oxygens (including phenoxy) is 2. The van der Waals surface area contributed by atoms with Gasteiger partial charge in [-0.1, -0.05) is 0 Å². The predicted octanol–water partition coefficient (Wildman–Crippen LogP) is 4.04. The number of methoxy groups -OCH3 is 2. The first-order valence-electron chi connectivity index (χ1n) is 8.11. The second-order valence-corrected chi connectivity index (χ2v) is 5.64. The third-order valence-electron chi connectivity index (χ3n) is 3.94. The molecule has 6 nitrogen and oxygen atoms in total. The Kier molecular flexibility index (Phi) is 5.22. The molecule has 0 fully saturated rings. The van der Waals surface area contributed by atoms with Crippen molar-refractivity contribution < 1.29 is 23.8 Å². The summed E-state index contributed by atoms with van der Waals surface area (Å²) in [7, 11) is 3.22. The normalized spacial score (nSPS) is 10.5. The summed E-state index contributed by atoms with van der Waals surface area (Å²) in [6.45, 7) is 0. The van der Waals surface area contributed by atoms with Crippen LogP contribution in [0.5, 0.6) is 11.5 Å². The number of rotatable bonds is 7. The van der Waals surface area contributed by atoms with Gasteiger partial charge in [0.25, 0.3) is 0 Å². The highest BCUT2D eigenvalue weighted by atomic mass is 16.5. The predicted molar refractivity (Wildman–Crippen MR) is 96.4 cm³/mol. The van der Waals surface area contributed by atoms with E-state index in [-0.39, 0.29) is 12.8 Å². The molecule has 0 saturated heterocycles.